The zero-order valence-corrected chi connectivity index (χ0v) is 13.3. The largest absolute Gasteiger partial charge is 0.494 e. The van der Waals surface area contributed by atoms with E-state index in [0.29, 0.717) is 30.7 Å². The Morgan fingerprint density at radius 2 is 1.96 bits per heavy atom. The van der Waals surface area contributed by atoms with Crippen molar-refractivity contribution in [3.8, 4) is 5.75 Å². The number of nitrogens with two attached hydrogens (primary N) is 1. The van der Waals surface area contributed by atoms with Crippen LogP contribution >= 0.6 is 0 Å². The summed E-state index contributed by atoms with van der Waals surface area (Å²) in [6, 6.07) is 6.05. The summed E-state index contributed by atoms with van der Waals surface area (Å²) >= 11 is 0. The molecule has 4 nitrogen and oxygen atoms in total. The van der Waals surface area contributed by atoms with Gasteiger partial charge in [0.1, 0.15) is 11.6 Å². The lowest BCUT2D eigenvalue weighted by atomic mass is 9.84. The topological polar surface area (TPSA) is 64.4 Å². The molecule has 0 aromatic heterocycles. The molecule has 0 aliphatic heterocycles. The van der Waals surface area contributed by atoms with Gasteiger partial charge in [-0.3, -0.25) is 4.79 Å². The SMILES string of the molecule is NC1C2CCC(C2)C1C(=O)NCCCCOc1ccc(F)cc1. The maximum absolute atomic E-state index is 12.8. The van der Waals surface area contributed by atoms with Crippen molar-refractivity contribution in [2.45, 2.75) is 38.1 Å². The Balaban J connectivity index is 1.29. The van der Waals surface area contributed by atoms with Gasteiger partial charge in [0.25, 0.3) is 0 Å². The molecule has 5 heteroatoms. The highest BCUT2D eigenvalue weighted by Crippen LogP contribution is 2.47. The number of rotatable bonds is 7. The zero-order valence-electron chi connectivity index (χ0n) is 13.3. The fourth-order valence-corrected chi connectivity index (χ4v) is 4.00. The molecule has 0 radical (unpaired) electrons. The molecule has 0 heterocycles. The Morgan fingerprint density at radius 3 is 2.65 bits per heavy atom. The average molecular weight is 320 g/mol. The van der Waals surface area contributed by atoms with Gasteiger partial charge in [-0.2, -0.15) is 0 Å². The van der Waals surface area contributed by atoms with Crippen LogP contribution in [-0.2, 0) is 4.79 Å². The first-order valence-corrected chi connectivity index (χ1v) is 8.57. The van der Waals surface area contributed by atoms with Crippen molar-refractivity contribution in [2.24, 2.45) is 23.5 Å². The second-order valence-electron chi connectivity index (χ2n) is 6.74. The molecule has 23 heavy (non-hydrogen) atoms. The number of ether oxygens (including phenoxy) is 1. The van der Waals surface area contributed by atoms with Gasteiger partial charge in [-0.05, 0) is 68.2 Å². The van der Waals surface area contributed by atoms with Crippen LogP contribution in [0.15, 0.2) is 24.3 Å². The number of hydrogen-bond donors (Lipinski definition) is 2. The lowest BCUT2D eigenvalue weighted by molar-refractivity contribution is -0.127. The van der Waals surface area contributed by atoms with Crippen LogP contribution in [0.2, 0.25) is 0 Å². The summed E-state index contributed by atoms with van der Waals surface area (Å²) in [5.74, 6) is 1.60. The standard InChI is InChI=1S/C18H25FN2O2/c19-14-5-7-15(8-6-14)23-10-2-1-9-21-18(22)16-12-3-4-13(11-12)17(16)20/h5-8,12-13,16-17H,1-4,9-11,20H2,(H,21,22). The van der Waals surface area contributed by atoms with E-state index >= 15 is 0 Å². The molecule has 4 unspecified atom stereocenters. The van der Waals surface area contributed by atoms with Crippen LogP contribution in [0.5, 0.6) is 5.75 Å². The second kappa shape index (κ2) is 7.30. The van der Waals surface area contributed by atoms with Gasteiger partial charge in [0.2, 0.25) is 5.91 Å². The number of hydrogen-bond acceptors (Lipinski definition) is 3. The molecule has 2 aliphatic rings. The Hall–Kier alpha value is -1.62. The van der Waals surface area contributed by atoms with Crippen LogP contribution in [-0.4, -0.2) is 25.1 Å². The molecule has 0 saturated heterocycles. The van der Waals surface area contributed by atoms with Gasteiger partial charge in [-0.15, -0.1) is 0 Å². The summed E-state index contributed by atoms with van der Waals surface area (Å²) in [6.45, 7) is 1.22. The van der Waals surface area contributed by atoms with E-state index in [4.69, 9.17) is 10.5 Å². The molecule has 1 amide bonds. The van der Waals surface area contributed by atoms with Crippen LogP contribution < -0.4 is 15.8 Å². The predicted molar refractivity (Wildman–Crippen MR) is 86.4 cm³/mol. The van der Waals surface area contributed by atoms with Gasteiger partial charge < -0.3 is 15.8 Å². The Bertz CT molecular complexity index is 532. The number of amides is 1. The number of benzene rings is 1. The highest BCUT2D eigenvalue weighted by molar-refractivity contribution is 5.80. The van der Waals surface area contributed by atoms with E-state index in [1.54, 1.807) is 12.1 Å². The predicted octanol–water partition coefficient (Wildman–Crippen LogP) is 2.47. The van der Waals surface area contributed by atoms with E-state index in [2.05, 4.69) is 5.32 Å². The average Bonchev–Trinajstić information content (AvgIpc) is 3.13. The third kappa shape index (κ3) is 3.83. The summed E-state index contributed by atoms with van der Waals surface area (Å²) in [7, 11) is 0. The Labute approximate surface area is 136 Å². The highest BCUT2D eigenvalue weighted by Gasteiger charge is 2.48. The monoisotopic (exact) mass is 320 g/mol. The summed E-state index contributed by atoms with van der Waals surface area (Å²) in [5.41, 5.74) is 6.18. The van der Waals surface area contributed by atoms with Gasteiger partial charge in [-0.25, -0.2) is 4.39 Å². The molecule has 3 rings (SSSR count). The van der Waals surface area contributed by atoms with E-state index in [1.165, 1.54) is 18.6 Å². The fraction of sp³-hybridized carbons (Fsp3) is 0.611. The molecule has 2 aliphatic carbocycles. The number of nitrogens with one attached hydrogen (secondary N) is 1. The Kier molecular flexibility index (Phi) is 5.16. The first kappa shape index (κ1) is 16.2. The zero-order chi connectivity index (χ0) is 16.2. The summed E-state index contributed by atoms with van der Waals surface area (Å²) < 4.78 is 18.3. The molecule has 4 atom stereocenters. The normalized spacial score (nSPS) is 28.8. The molecule has 2 saturated carbocycles. The third-order valence-corrected chi connectivity index (χ3v) is 5.24. The molecular formula is C18H25FN2O2. The van der Waals surface area contributed by atoms with Crippen LogP contribution in [0, 0.1) is 23.6 Å². The molecule has 1 aromatic rings. The number of fused-ring (bicyclic) bond motifs is 2. The fourth-order valence-electron chi connectivity index (χ4n) is 4.00. The second-order valence-corrected chi connectivity index (χ2v) is 6.74. The van der Waals surface area contributed by atoms with E-state index < -0.39 is 0 Å². The van der Waals surface area contributed by atoms with E-state index in [9.17, 15) is 9.18 Å². The van der Waals surface area contributed by atoms with Gasteiger partial charge >= 0.3 is 0 Å². The summed E-state index contributed by atoms with van der Waals surface area (Å²) in [4.78, 5) is 12.3. The van der Waals surface area contributed by atoms with Crippen LogP contribution in [0.4, 0.5) is 4.39 Å². The van der Waals surface area contributed by atoms with Gasteiger partial charge in [-0.1, -0.05) is 0 Å². The van der Waals surface area contributed by atoms with Crippen LogP contribution in [0.1, 0.15) is 32.1 Å². The van der Waals surface area contributed by atoms with Crippen molar-refractivity contribution >= 4 is 5.91 Å². The lowest BCUT2D eigenvalue weighted by Crippen LogP contribution is -2.45. The number of unbranched alkanes of at least 4 members (excludes halogenated alkanes) is 1. The van der Waals surface area contributed by atoms with E-state index in [1.807, 2.05) is 0 Å². The van der Waals surface area contributed by atoms with Gasteiger partial charge in [0.05, 0.1) is 12.5 Å². The molecule has 1 aromatic carbocycles. The van der Waals surface area contributed by atoms with Crippen molar-refractivity contribution < 1.29 is 13.9 Å². The van der Waals surface area contributed by atoms with Crippen LogP contribution in [0.3, 0.4) is 0 Å². The molecule has 2 fully saturated rings. The maximum atomic E-state index is 12.8. The molecule has 3 N–H and O–H groups in total. The van der Waals surface area contributed by atoms with E-state index in [0.717, 1.165) is 25.7 Å². The summed E-state index contributed by atoms with van der Waals surface area (Å²) in [6.07, 6.45) is 5.19. The Morgan fingerprint density at radius 1 is 1.22 bits per heavy atom. The number of carbonyl (C=O) groups excluding carboxylic acids is 1. The number of halogens is 1. The maximum Gasteiger partial charge on any atom is 0.224 e. The first-order chi connectivity index (χ1) is 11.1. The van der Waals surface area contributed by atoms with Crippen molar-refractivity contribution in [1.29, 1.82) is 0 Å². The smallest absolute Gasteiger partial charge is 0.224 e. The van der Waals surface area contributed by atoms with Crippen molar-refractivity contribution in [2.75, 3.05) is 13.2 Å². The summed E-state index contributed by atoms with van der Waals surface area (Å²) in [5, 5.41) is 3.02. The minimum atomic E-state index is -0.265. The van der Waals surface area contributed by atoms with Crippen molar-refractivity contribution in [1.82, 2.24) is 5.32 Å². The number of carbonyl (C=O) groups is 1. The third-order valence-electron chi connectivity index (χ3n) is 5.24. The first-order valence-electron chi connectivity index (χ1n) is 8.57. The lowest BCUT2D eigenvalue weighted by Gasteiger charge is -2.27. The van der Waals surface area contributed by atoms with Gasteiger partial charge in [0, 0.05) is 12.6 Å². The molecular weight excluding hydrogens is 295 g/mol. The van der Waals surface area contributed by atoms with E-state index in [-0.39, 0.29) is 23.7 Å². The molecule has 0 spiro atoms. The highest BCUT2D eigenvalue weighted by atomic mass is 19.1. The quantitative estimate of drug-likeness (QED) is 0.759. The van der Waals surface area contributed by atoms with Crippen molar-refractivity contribution in [3.05, 3.63) is 30.1 Å². The van der Waals surface area contributed by atoms with Gasteiger partial charge in [0.15, 0.2) is 0 Å². The minimum absolute atomic E-state index is 0.0178. The van der Waals surface area contributed by atoms with Crippen LogP contribution in [0.25, 0.3) is 0 Å². The van der Waals surface area contributed by atoms with Crippen molar-refractivity contribution in [3.63, 3.8) is 0 Å². The minimum Gasteiger partial charge on any atom is -0.494 e. The molecule has 2 bridgehead atoms. The molecule has 126 valence electrons.